The molecule has 0 aliphatic carbocycles. The molecule has 2 aliphatic heterocycles. The van der Waals surface area contributed by atoms with Crippen LogP contribution in [-0.4, -0.2) is 29.0 Å². The van der Waals surface area contributed by atoms with Crippen LogP contribution in [0.1, 0.15) is 5.56 Å². The van der Waals surface area contributed by atoms with Crippen LogP contribution in [0.4, 0.5) is 0 Å². The van der Waals surface area contributed by atoms with Crippen LogP contribution < -0.4 is 9.47 Å². The van der Waals surface area contributed by atoms with Crippen molar-refractivity contribution < 1.29 is 9.47 Å². The van der Waals surface area contributed by atoms with Crippen molar-refractivity contribution in [3.63, 3.8) is 0 Å². The number of fused-ring (bicyclic) bond motifs is 3. The first kappa shape index (κ1) is 19.4. The maximum absolute atomic E-state index is 6.08. The van der Waals surface area contributed by atoms with E-state index in [1.165, 1.54) is 0 Å². The highest BCUT2D eigenvalue weighted by atomic mass is 35.5. The Bertz CT molecular complexity index is 1350. The number of pyridine rings is 1. The molecule has 2 heterocycles. The van der Waals surface area contributed by atoms with Crippen LogP contribution in [0, 0.1) is 0 Å². The van der Waals surface area contributed by atoms with Gasteiger partial charge in [0.25, 0.3) is 0 Å². The van der Waals surface area contributed by atoms with E-state index >= 15 is 0 Å². The zero-order valence-electron chi connectivity index (χ0n) is 17.2. The van der Waals surface area contributed by atoms with Gasteiger partial charge in [-0.1, -0.05) is 41.9 Å². The molecule has 6 heteroatoms. The minimum atomic E-state index is 0.647. The average molecular weight is 430 g/mol. The van der Waals surface area contributed by atoms with Crippen LogP contribution in [0.15, 0.2) is 72.9 Å². The lowest BCUT2D eigenvalue weighted by molar-refractivity contribution is 0.408. The first-order valence-corrected chi connectivity index (χ1v) is 10.3. The summed E-state index contributed by atoms with van der Waals surface area (Å²) >= 11 is 6.08. The van der Waals surface area contributed by atoms with E-state index in [1.807, 2.05) is 54.6 Å². The number of halogens is 1. The Morgan fingerprint density at radius 2 is 1.65 bits per heavy atom. The van der Waals surface area contributed by atoms with Crippen LogP contribution in [0.25, 0.3) is 33.4 Å². The lowest BCUT2D eigenvalue weighted by atomic mass is 10.0. The summed E-state index contributed by atoms with van der Waals surface area (Å²) < 4.78 is 13.3. The Labute approximate surface area is 185 Å². The average Bonchev–Trinajstić information content (AvgIpc) is 3.23. The van der Waals surface area contributed by atoms with E-state index in [0.29, 0.717) is 11.6 Å². The van der Waals surface area contributed by atoms with Crippen molar-refractivity contribution in [1.82, 2.24) is 14.8 Å². The molecule has 0 bridgehead atoms. The number of nitrogens with zero attached hydrogens (tertiary/aromatic N) is 3. The predicted molar refractivity (Wildman–Crippen MR) is 123 cm³/mol. The van der Waals surface area contributed by atoms with Gasteiger partial charge >= 0.3 is 0 Å². The first-order chi connectivity index (χ1) is 15.2. The number of benzene rings is 3. The zero-order chi connectivity index (χ0) is 21.4. The Morgan fingerprint density at radius 1 is 0.871 bits per heavy atom. The summed E-state index contributed by atoms with van der Waals surface area (Å²) in [4.78, 5) is 0. The molecule has 3 aromatic rings. The quantitative estimate of drug-likeness (QED) is 0.348. The van der Waals surface area contributed by atoms with Crippen LogP contribution in [-0.2, 0) is 6.54 Å². The predicted octanol–water partition coefficient (Wildman–Crippen LogP) is 5.92. The molecular weight excluding hydrogens is 410 g/mol. The summed E-state index contributed by atoms with van der Waals surface area (Å²) in [7, 11) is 3.36. The lowest BCUT2D eigenvalue weighted by Gasteiger charge is -2.17. The molecule has 5 rings (SSSR count). The van der Waals surface area contributed by atoms with Crippen molar-refractivity contribution in [2.75, 3.05) is 14.2 Å². The standard InChI is InChI=1S/C25H20ClN3O2/c1-30-19-11-12-22-20(13-19)25-21(24(27-28-25)16-7-9-18(26)10-8-16)15-29(22)14-17-5-3-4-6-23(17)31-2/h3-13,15H,14H2,1-2H3. The van der Waals surface area contributed by atoms with Crippen LogP contribution in [0.3, 0.4) is 0 Å². The van der Waals surface area contributed by atoms with E-state index < -0.39 is 0 Å². The molecule has 0 amide bonds. The van der Waals surface area contributed by atoms with Gasteiger partial charge in [0.2, 0.25) is 0 Å². The van der Waals surface area contributed by atoms with E-state index in [1.54, 1.807) is 14.2 Å². The fourth-order valence-corrected chi connectivity index (χ4v) is 4.04. The van der Waals surface area contributed by atoms with E-state index in [0.717, 1.165) is 50.5 Å². The lowest BCUT2D eigenvalue weighted by Crippen LogP contribution is -2.05. The van der Waals surface area contributed by atoms with Gasteiger partial charge in [-0.2, -0.15) is 0 Å². The Balaban J connectivity index is 1.74. The van der Waals surface area contributed by atoms with Gasteiger partial charge in [0.05, 0.1) is 26.3 Å². The molecule has 0 spiro atoms. The number of rotatable bonds is 5. The fourth-order valence-electron chi connectivity index (χ4n) is 3.92. The molecule has 0 unspecified atom stereocenters. The summed E-state index contributed by atoms with van der Waals surface area (Å²) in [5.41, 5.74) is 5.74. The molecule has 154 valence electrons. The smallest absolute Gasteiger partial charge is 0.123 e. The van der Waals surface area contributed by atoms with Crippen LogP contribution in [0.5, 0.6) is 11.5 Å². The molecule has 2 aliphatic rings. The zero-order valence-corrected chi connectivity index (χ0v) is 17.9. The van der Waals surface area contributed by atoms with Gasteiger partial charge in [0, 0.05) is 33.3 Å². The number of hydrogen-bond acceptors (Lipinski definition) is 4. The maximum Gasteiger partial charge on any atom is 0.123 e. The highest BCUT2D eigenvalue weighted by Gasteiger charge is 2.21. The first-order valence-electron chi connectivity index (χ1n) is 9.89. The minimum absolute atomic E-state index is 0.647. The third kappa shape index (κ3) is 3.47. The van der Waals surface area contributed by atoms with E-state index in [4.69, 9.17) is 21.1 Å². The minimum Gasteiger partial charge on any atom is -0.497 e. The van der Waals surface area contributed by atoms with Gasteiger partial charge in [0.1, 0.15) is 22.9 Å². The second-order valence-corrected chi connectivity index (χ2v) is 7.71. The monoisotopic (exact) mass is 429 g/mol. The van der Waals surface area contributed by atoms with Gasteiger partial charge in [-0.15, -0.1) is 10.2 Å². The van der Waals surface area contributed by atoms with Crippen molar-refractivity contribution in [2.45, 2.75) is 6.54 Å². The molecule has 0 radical (unpaired) electrons. The Morgan fingerprint density at radius 3 is 2.42 bits per heavy atom. The summed E-state index contributed by atoms with van der Waals surface area (Å²) in [6.07, 6.45) is 2.11. The molecule has 0 N–H and O–H groups in total. The topological polar surface area (TPSA) is 49.2 Å². The third-order valence-corrected chi connectivity index (χ3v) is 5.72. The molecule has 5 nitrogen and oxygen atoms in total. The number of para-hydroxylation sites is 1. The molecule has 3 aromatic carbocycles. The fraction of sp³-hybridized carbons (Fsp3) is 0.120. The van der Waals surface area contributed by atoms with Crippen LogP contribution in [0.2, 0.25) is 5.02 Å². The van der Waals surface area contributed by atoms with Crippen molar-refractivity contribution in [3.8, 4) is 34.0 Å². The van der Waals surface area contributed by atoms with Gasteiger partial charge in [-0.25, -0.2) is 0 Å². The molecule has 0 saturated carbocycles. The molecule has 0 atom stereocenters. The number of hydrogen-bond donors (Lipinski definition) is 0. The second-order valence-electron chi connectivity index (χ2n) is 7.27. The SMILES string of the molecule is COc1ccc2c(c1)c1nnc(-c3ccc(Cl)cc3)c-1cn2Cc1ccccc1OC. The Hall–Kier alpha value is -3.57. The Kier molecular flexibility index (Phi) is 4.96. The highest BCUT2D eigenvalue weighted by Crippen LogP contribution is 2.38. The summed E-state index contributed by atoms with van der Waals surface area (Å²) in [6, 6.07) is 21.7. The summed E-state index contributed by atoms with van der Waals surface area (Å²) in [6.45, 7) is 0.647. The van der Waals surface area contributed by atoms with Gasteiger partial charge < -0.3 is 14.0 Å². The second kappa shape index (κ2) is 7.93. The van der Waals surface area contributed by atoms with Crippen molar-refractivity contribution >= 4 is 22.5 Å². The van der Waals surface area contributed by atoms with Crippen molar-refractivity contribution in [2.24, 2.45) is 0 Å². The largest absolute Gasteiger partial charge is 0.497 e. The number of ether oxygens (including phenoxy) is 2. The molecule has 0 saturated heterocycles. The normalized spacial score (nSPS) is 11.2. The molecular formula is C25H20ClN3O2. The molecule has 31 heavy (non-hydrogen) atoms. The van der Waals surface area contributed by atoms with E-state index in [2.05, 4.69) is 33.1 Å². The van der Waals surface area contributed by atoms with Gasteiger partial charge in [-0.05, 0) is 36.4 Å². The van der Waals surface area contributed by atoms with Gasteiger partial charge in [0.15, 0.2) is 0 Å². The maximum atomic E-state index is 6.08. The third-order valence-electron chi connectivity index (χ3n) is 5.46. The van der Waals surface area contributed by atoms with Gasteiger partial charge in [-0.3, -0.25) is 0 Å². The van der Waals surface area contributed by atoms with Crippen molar-refractivity contribution in [1.29, 1.82) is 0 Å². The number of aromatic nitrogens is 3. The van der Waals surface area contributed by atoms with E-state index in [-0.39, 0.29) is 0 Å². The van der Waals surface area contributed by atoms with Crippen LogP contribution >= 0.6 is 11.6 Å². The summed E-state index contributed by atoms with van der Waals surface area (Å²) in [5.74, 6) is 1.63. The molecule has 0 fully saturated rings. The number of methoxy groups -OCH3 is 2. The highest BCUT2D eigenvalue weighted by molar-refractivity contribution is 6.30. The summed E-state index contributed by atoms with van der Waals surface area (Å²) in [5, 5.41) is 10.7. The van der Waals surface area contributed by atoms with Crippen molar-refractivity contribution in [3.05, 3.63) is 83.5 Å². The molecule has 0 aromatic heterocycles. The van der Waals surface area contributed by atoms with E-state index in [9.17, 15) is 0 Å².